The van der Waals surface area contributed by atoms with Crippen LogP contribution in [-0.4, -0.2) is 29.5 Å². The number of nitrogens with two attached hydrogens (primary N) is 1. The molecule has 0 amide bonds. The van der Waals surface area contributed by atoms with E-state index in [1.165, 1.54) is 0 Å². The minimum atomic E-state index is -0.705. The zero-order valence-corrected chi connectivity index (χ0v) is 7.89. The van der Waals surface area contributed by atoms with Crippen LogP contribution in [-0.2, 0) is 0 Å². The summed E-state index contributed by atoms with van der Waals surface area (Å²) in [6.45, 7) is 0.150. The average Bonchev–Trinajstić information content (AvgIpc) is 2.21. The molecule has 0 aliphatic rings. The van der Waals surface area contributed by atoms with E-state index in [-0.39, 0.29) is 6.61 Å². The van der Waals surface area contributed by atoms with E-state index in [4.69, 9.17) is 20.7 Å². The summed E-state index contributed by atoms with van der Waals surface area (Å²) in [5.41, 5.74) is 6.18. The van der Waals surface area contributed by atoms with Crippen LogP contribution < -0.4 is 10.5 Å². The molecule has 0 heterocycles. The van der Waals surface area contributed by atoms with E-state index in [2.05, 4.69) is 0 Å². The van der Waals surface area contributed by atoms with Crippen molar-refractivity contribution in [1.29, 1.82) is 0 Å². The van der Waals surface area contributed by atoms with Gasteiger partial charge in [-0.2, -0.15) is 0 Å². The summed E-state index contributed by atoms with van der Waals surface area (Å²) in [7, 11) is 0. The van der Waals surface area contributed by atoms with Gasteiger partial charge in [0, 0.05) is 12.1 Å². The monoisotopic (exact) mass is 197 g/mol. The predicted octanol–water partition coefficient (Wildman–Crippen LogP) is 0.391. The van der Waals surface area contributed by atoms with Gasteiger partial charge in [0.05, 0.1) is 19.3 Å². The Kier molecular flexibility index (Phi) is 4.22. The first kappa shape index (κ1) is 10.8. The highest BCUT2D eigenvalue weighted by Crippen LogP contribution is 2.13. The Balaban J connectivity index is 2.28. The Morgan fingerprint density at radius 3 is 2.50 bits per heavy atom. The minimum absolute atomic E-state index is 0.231. The highest BCUT2D eigenvalue weighted by molar-refractivity contribution is 5.41. The quantitative estimate of drug-likeness (QED) is 0.597. The van der Waals surface area contributed by atoms with Crippen LogP contribution in [0.5, 0.6) is 5.75 Å². The summed E-state index contributed by atoms with van der Waals surface area (Å²) in [6.07, 6.45) is -0.287. The summed E-state index contributed by atoms with van der Waals surface area (Å²) in [4.78, 5) is 0. The largest absolute Gasteiger partial charge is 0.493 e. The molecule has 0 radical (unpaired) electrons. The molecule has 1 aromatic rings. The van der Waals surface area contributed by atoms with E-state index < -0.39 is 6.10 Å². The van der Waals surface area contributed by atoms with Crippen molar-refractivity contribution in [3.63, 3.8) is 0 Å². The molecule has 0 aliphatic heterocycles. The van der Waals surface area contributed by atoms with Crippen molar-refractivity contribution in [1.82, 2.24) is 0 Å². The first-order valence-electron chi connectivity index (χ1n) is 4.49. The van der Waals surface area contributed by atoms with Gasteiger partial charge in [0.2, 0.25) is 0 Å². The summed E-state index contributed by atoms with van der Waals surface area (Å²) in [5.74, 6) is 0.712. The van der Waals surface area contributed by atoms with Gasteiger partial charge in [-0.3, -0.25) is 0 Å². The smallest absolute Gasteiger partial charge is 0.119 e. The fourth-order valence-corrected chi connectivity index (χ4v) is 0.968. The molecule has 4 N–H and O–H groups in total. The van der Waals surface area contributed by atoms with Gasteiger partial charge in [0.25, 0.3) is 0 Å². The number of benzene rings is 1. The molecular formula is C10H15NO3. The van der Waals surface area contributed by atoms with Crippen molar-refractivity contribution in [2.45, 2.75) is 12.5 Å². The third kappa shape index (κ3) is 3.64. The number of aliphatic hydroxyl groups is 2. The van der Waals surface area contributed by atoms with Crippen LogP contribution in [0, 0.1) is 0 Å². The summed E-state index contributed by atoms with van der Waals surface area (Å²) < 4.78 is 5.31. The normalized spacial score (nSPS) is 12.4. The van der Waals surface area contributed by atoms with Crippen molar-refractivity contribution in [3.05, 3.63) is 24.3 Å². The van der Waals surface area contributed by atoms with E-state index in [1.54, 1.807) is 24.3 Å². The standard InChI is InChI=1S/C10H15NO3/c11-8-1-3-10(4-2-8)14-6-5-9(13)7-12/h1-4,9,12-13H,5-7,11H2. The van der Waals surface area contributed by atoms with E-state index in [1.807, 2.05) is 0 Å². The van der Waals surface area contributed by atoms with Crippen LogP contribution >= 0.6 is 0 Å². The van der Waals surface area contributed by atoms with Crippen LogP contribution in [0.2, 0.25) is 0 Å². The van der Waals surface area contributed by atoms with Gasteiger partial charge in [0.1, 0.15) is 5.75 Å². The molecule has 1 aromatic carbocycles. The maximum Gasteiger partial charge on any atom is 0.119 e. The Bertz CT molecular complexity index is 261. The summed E-state index contributed by atoms with van der Waals surface area (Å²) in [5, 5.41) is 17.6. The van der Waals surface area contributed by atoms with E-state index in [0.717, 1.165) is 0 Å². The first-order chi connectivity index (χ1) is 6.72. The highest BCUT2D eigenvalue weighted by Gasteiger charge is 2.01. The predicted molar refractivity (Wildman–Crippen MR) is 54.1 cm³/mol. The van der Waals surface area contributed by atoms with Crippen molar-refractivity contribution < 1.29 is 14.9 Å². The molecule has 0 bridgehead atoms. The Morgan fingerprint density at radius 2 is 1.93 bits per heavy atom. The lowest BCUT2D eigenvalue weighted by Gasteiger charge is -2.08. The molecule has 1 unspecified atom stereocenters. The van der Waals surface area contributed by atoms with Crippen molar-refractivity contribution in [2.24, 2.45) is 0 Å². The molecular weight excluding hydrogens is 182 g/mol. The number of ether oxygens (including phenoxy) is 1. The lowest BCUT2D eigenvalue weighted by Crippen LogP contribution is -2.15. The molecule has 0 spiro atoms. The molecule has 0 saturated carbocycles. The Morgan fingerprint density at radius 1 is 1.29 bits per heavy atom. The number of rotatable bonds is 5. The summed E-state index contributed by atoms with van der Waals surface area (Å²) in [6, 6.07) is 7.02. The molecule has 78 valence electrons. The van der Waals surface area contributed by atoms with Gasteiger partial charge in [0.15, 0.2) is 0 Å². The van der Waals surface area contributed by atoms with Crippen LogP contribution in [0.4, 0.5) is 5.69 Å². The summed E-state index contributed by atoms with van der Waals surface area (Å²) >= 11 is 0. The van der Waals surface area contributed by atoms with Gasteiger partial charge >= 0.3 is 0 Å². The molecule has 4 heteroatoms. The van der Waals surface area contributed by atoms with Crippen molar-refractivity contribution >= 4 is 5.69 Å². The number of anilines is 1. The second-order valence-corrected chi connectivity index (χ2v) is 3.04. The third-order valence-corrected chi connectivity index (χ3v) is 1.81. The van der Waals surface area contributed by atoms with Crippen LogP contribution in [0.1, 0.15) is 6.42 Å². The van der Waals surface area contributed by atoms with Gasteiger partial charge in [-0.05, 0) is 24.3 Å². The Hall–Kier alpha value is -1.26. The molecule has 0 aromatic heterocycles. The fourth-order valence-electron chi connectivity index (χ4n) is 0.968. The zero-order valence-electron chi connectivity index (χ0n) is 7.89. The molecule has 0 saturated heterocycles. The van der Waals surface area contributed by atoms with E-state index >= 15 is 0 Å². The lowest BCUT2D eigenvalue weighted by molar-refractivity contribution is 0.0754. The number of hydrogen-bond acceptors (Lipinski definition) is 4. The maximum atomic E-state index is 9.03. The van der Waals surface area contributed by atoms with Crippen molar-refractivity contribution in [3.8, 4) is 5.75 Å². The van der Waals surface area contributed by atoms with Gasteiger partial charge < -0.3 is 20.7 Å². The Labute approximate surface area is 82.9 Å². The SMILES string of the molecule is Nc1ccc(OCCC(O)CO)cc1. The topological polar surface area (TPSA) is 75.7 Å². The second-order valence-electron chi connectivity index (χ2n) is 3.04. The molecule has 1 atom stereocenters. The van der Waals surface area contributed by atoms with Gasteiger partial charge in [-0.25, -0.2) is 0 Å². The molecule has 1 rings (SSSR count). The van der Waals surface area contributed by atoms with Crippen LogP contribution in [0.15, 0.2) is 24.3 Å². The molecule has 14 heavy (non-hydrogen) atoms. The minimum Gasteiger partial charge on any atom is -0.493 e. The number of nitrogen functional groups attached to an aromatic ring is 1. The third-order valence-electron chi connectivity index (χ3n) is 1.81. The average molecular weight is 197 g/mol. The lowest BCUT2D eigenvalue weighted by atomic mass is 10.3. The molecule has 0 fully saturated rings. The second kappa shape index (κ2) is 5.47. The van der Waals surface area contributed by atoms with Crippen molar-refractivity contribution in [2.75, 3.05) is 18.9 Å². The highest BCUT2D eigenvalue weighted by atomic mass is 16.5. The fraction of sp³-hybridized carbons (Fsp3) is 0.400. The van der Waals surface area contributed by atoms with E-state index in [0.29, 0.717) is 24.5 Å². The maximum absolute atomic E-state index is 9.03. The van der Waals surface area contributed by atoms with E-state index in [9.17, 15) is 0 Å². The first-order valence-corrected chi connectivity index (χ1v) is 4.49. The zero-order chi connectivity index (χ0) is 10.4. The van der Waals surface area contributed by atoms with Gasteiger partial charge in [-0.15, -0.1) is 0 Å². The van der Waals surface area contributed by atoms with Gasteiger partial charge in [-0.1, -0.05) is 0 Å². The van der Waals surface area contributed by atoms with Crippen LogP contribution in [0.25, 0.3) is 0 Å². The molecule has 0 aliphatic carbocycles. The number of aliphatic hydroxyl groups excluding tert-OH is 2. The number of hydrogen-bond donors (Lipinski definition) is 3. The molecule has 4 nitrogen and oxygen atoms in total. The van der Waals surface area contributed by atoms with Crippen LogP contribution in [0.3, 0.4) is 0 Å².